The fourth-order valence-electron chi connectivity index (χ4n) is 2.56. The van der Waals surface area contributed by atoms with Crippen LogP contribution < -0.4 is 14.8 Å². The molecule has 0 fully saturated rings. The molecule has 0 amide bonds. The molecule has 24 heavy (non-hydrogen) atoms. The van der Waals surface area contributed by atoms with Crippen LogP contribution >= 0.6 is 23.7 Å². The van der Waals surface area contributed by atoms with E-state index in [1.165, 1.54) is 0 Å². The molecule has 0 atom stereocenters. The maximum absolute atomic E-state index is 5.44. The maximum Gasteiger partial charge on any atom is 0.231 e. The molecule has 1 aliphatic rings. The van der Waals surface area contributed by atoms with Crippen molar-refractivity contribution in [2.45, 2.75) is 20.0 Å². The lowest BCUT2D eigenvalue weighted by Gasteiger charge is -2.06. The molecular formula is C16H17ClN4O2S. The number of ether oxygens (including phenoxy) is 2. The Kier molecular flexibility index (Phi) is 5.03. The first-order chi connectivity index (χ1) is 11.3. The number of aryl methyl sites for hydroxylation is 1. The van der Waals surface area contributed by atoms with Crippen LogP contribution in [0.25, 0.3) is 11.3 Å². The van der Waals surface area contributed by atoms with Crippen LogP contribution in [0.3, 0.4) is 0 Å². The summed E-state index contributed by atoms with van der Waals surface area (Å²) in [5.74, 6) is 1.56. The van der Waals surface area contributed by atoms with Crippen LogP contribution in [-0.2, 0) is 13.1 Å². The summed E-state index contributed by atoms with van der Waals surface area (Å²) in [6.45, 7) is 3.76. The molecule has 2 N–H and O–H groups in total. The van der Waals surface area contributed by atoms with Crippen molar-refractivity contribution in [3.05, 3.63) is 46.0 Å². The van der Waals surface area contributed by atoms with Gasteiger partial charge in [-0.15, -0.1) is 23.7 Å². The van der Waals surface area contributed by atoms with Crippen molar-refractivity contribution in [3.8, 4) is 22.8 Å². The second kappa shape index (κ2) is 7.21. The van der Waals surface area contributed by atoms with E-state index in [2.05, 4.69) is 25.9 Å². The second-order valence-corrected chi connectivity index (χ2v) is 6.36. The number of benzene rings is 1. The van der Waals surface area contributed by atoms with Crippen LogP contribution in [0, 0.1) is 6.92 Å². The van der Waals surface area contributed by atoms with Gasteiger partial charge in [0.2, 0.25) is 6.79 Å². The van der Waals surface area contributed by atoms with Crippen LogP contribution in [-0.4, -0.2) is 22.0 Å². The van der Waals surface area contributed by atoms with E-state index in [-0.39, 0.29) is 19.2 Å². The highest BCUT2D eigenvalue weighted by Gasteiger charge is 2.16. The number of fused-ring (bicyclic) bond motifs is 1. The molecule has 3 heterocycles. The summed E-state index contributed by atoms with van der Waals surface area (Å²) >= 11 is 1.67. The highest BCUT2D eigenvalue weighted by atomic mass is 35.5. The lowest BCUT2D eigenvalue weighted by molar-refractivity contribution is 0.174. The Balaban J connectivity index is 0.00000169. The van der Waals surface area contributed by atoms with Gasteiger partial charge < -0.3 is 14.8 Å². The third kappa shape index (κ3) is 3.38. The molecule has 0 saturated carbocycles. The Bertz CT molecular complexity index is 833. The van der Waals surface area contributed by atoms with Crippen LogP contribution in [0.5, 0.6) is 11.5 Å². The van der Waals surface area contributed by atoms with E-state index in [4.69, 9.17) is 9.47 Å². The highest BCUT2D eigenvalue weighted by molar-refractivity contribution is 7.09. The van der Waals surface area contributed by atoms with Crippen molar-refractivity contribution in [1.82, 2.24) is 20.5 Å². The normalized spacial score (nSPS) is 12.2. The molecule has 0 bridgehead atoms. The third-order valence-corrected chi connectivity index (χ3v) is 4.49. The summed E-state index contributed by atoms with van der Waals surface area (Å²) in [6, 6.07) is 5.91. The third-order valence-electron chi connectivity index (χ3n) is 3.67. The van der Waals surface area contributed by atoms with Gasteiger partial charge in [-0.05, 0) is 25.1 Å². The van der Waals surface area contributed by atoms with E-state index in [0.717, 1.165) is 52.1 Å². The number of nitrogens with one attached hydrogen (secondary N) is 2. The minimum Gasteiger partial charge on any atom is -0.454 e. The smallest absolute Gasteiger partial charge is 0.231 e. The molecule has 0 unspecified atom stereocenters. The van der Waals surface area contributed by atoms with Crippen LogP contribution in [0.2, 0.25) is 0 Å². The quantitative estimate of drug-likeness (QED) is 0.727. The Morgan fingerprint density at radius 1 is 1.25 bits per heavy atom. The van der Waals surface area contributed by atoms with E-state index in [9.17, 15) is 0 Å². The van der Waals surface area contributed by atoms with Gasteiger partial charge in [0.05, 0.1) is 22.6 Å². The first-order valence-electron chi connectivity index (χ1n) is 7.33. The molecule has 6 nitrogen and oxygen atoms in total. The molecular weight excluding hydrogens is 348 g/mol. The molecule has 8 heteroatoms. The maximum atomic E-state index is 5.44. The minimum absolute atomic E-state index is 0. The average molecular weight is 365 g/mol. The van der Waals surface area contributed by atoms with Crippen molar-refractivity contribution in [2.75, 3.05) is 6.79 Å². The summed E-state index contributed by atoms with van der Waals surface area (Å²) in [7, 11) is 0. The fraction of sp³-hybridized carbons (Fsp3) is 0.250. The van der Waals surface area contributed by atoms with Gasteiger partial charge in [0.15, 0.2) is 11.5 Å². The number of H-pyrrole nitrogens is 1. The van der Waals surface area contributed by atoms with E-state index >= 15 is 0 Å². The van der Waals surface area contributed by atoms with Crippen molar-refractivity contribution in [2.24, 2.45) is 0 Å². The molecule has 0 saturated heterocycles. The first-order valence-corrected chi connectivity index (χ1v) is 8.21. The number of halogens is 1. The minimum atomic E-state index is 0. The van der Waals surface area contributed by atoms with E-state index < -0.39 is 0 Å². The molecule has 126 valence electrons. The molecule has 4 rings (SSSR count). The molecule has 2 aromatic heterocycles. The SMILES string of the molecule is Cc1nc(CNCc2cn[nH]c2-c2ccc3c(c2)OCO3)cs1.Cl. The second-order valence-electron chi connectivity index (χ2n) is 5.30. The van der Waals surface area contributed by atoms with Crippen LogP contribution in [0.15, 0.2) is 29.8 Å². The summed E-state index contributed by atoms with van der Waals surface area (Å²) in [5.41, 5.74) is 4.20. The topological polar surface area (TPSA) is 72.1 Å². The van der Waals surface area contributed by atoms with Crippen LogP contribution in [0.1, 0.15) is 16.3 Å². The Hall–Kier alpha value is -2.09. The molecule has 3 aromatic rings. The number of aromatic amines is 1. The largest absolute Gasteiger partial charge is 0.454 e. The summed E-state index contributed by atoms with van der Waals surface area (Å²) < 4.78 is 10.8. The summed E-state index contributed by atoms with van der Waals surface area (Å²) in [5, 5.41) is 13.8. The van der Waals surface area contributed by atoms with Gasteiger partial charge in [0, 0.05) is 29.6 Å². The number of rotatable bonds is 5. The Morgan fingerprint density at radius 3 is 2.96 bits per heavy atom. The van der Waals surface area contributed by atoms with Crippen molar-refractivity contribution >= 4 is 23.7 Å². The van der Waals surface area contributed by atoms with Crippen molar-refractivity contribution < 1.29 is 9.47 Å². The predicted octanol–water partition coefficient (Wildman–Crippen LogP) is 3.28. The zero-order chi connectivity index (χ0) is 15.6. The van der Waals surface area contributed by atoms with Crippen molar-refractivity contribution in [1.29, 1.82) is 0 Å². The van der Waals surface area contributed by atoms with Gasteiger partial charge in [0.1, 0.15) is 0 Å². The summed E-state index contributed by atoms with van der Waals surface area (Å²) in [4.78, 5) is 4.45. The lowest BCUT2D eigenvalue weighted by atomic mass is 10.1. The van der Waals surface area contributed by atoms with Crippen LogP contribution in [0.4, 0.5) is 0 Å². The van der Waals surface area contributed by atoms with Gasteiger partial charge in [-0.25, -0.2) is 4.98 Å². The van der Waals surface area contributed by atoms with E-state index in [0.29, 0.717) is 0 Å². The standard InChI is InChI=1S/C16H16N4O2S.ClH/c1-10-19-13(8-23-10)7-17-5-12-6-18-20-16(12)11-2-3-14-15(4-11)22-9-21-14;/h2-4,6,8,17H,5,7,9H2,1H3,(H,18,20);1H. The van der Waals surface area contributed by atoms with E-state index in [1.54, 1.807) is 11.3 Å². The molecule has 1 aromatic carbocycles. The van der Waals surface area contributed by atoms with E-state index in [1.807, 2.05) is 31.3 Å². The first kappa shape index (κ1) is 16.8. The van der Waals surface area contributed by atoms with Gasteiger partial charge in [-0.2, -0.15) is 5.10 Å². The molecule has 0 aliphatic carbocycles. The zero-order valence-corrected chi connectivity index (χ0v) is 14.7. The molecule has 1 aliphatic heterocycles. The number of nitrogens with zero attached hydrogens (tertiary/aromatic N) is 2. The molecule has 0 radical (unpaired) electrons. The lowest BCUT2D eigenvalue weighted by Crippen LogP contribution is -2.13. The van der Waals surface area contributed by atoms with Gasteiger partial charge >= 0.3 is 0 Å². The molecule has 0 spiro atoms. The highest BCUT2D eigenvalue weighted by Crippen LogP contribution is 2.36. The van der Waals surface area contributed by atoms with Gasteiger partial charge in [-0.1, -0.05) is 0 Å². The Labute approximate surface area is 149 Å². The van der Waals surface area contributed by atoms with Gasteiger partial charge in [0.25, 0.3) is 0 Å². The number of aromatic nitrogens is 3. The summed E-state index contributed by atoms with van der Waals surface area (Å²) in [6.07, 6.45) is 1.85. The average Bonchev–Trinajstić information content (AvgIpc) is 3.27. The van der Waals surface area contributed by atoms with Crippen molar-refractivity contribution in [3.63, 3.8) is 0 Å². The number of hydrogen-bond acceptors (Lipinski definition) is 6. The van der Waals surface area contributed by atoms with Gasteiger partial charge in [-0.3, -0.25) is 5.10 Å². The monoisotopic (exact) mass is 364 g/mol. The zero-order valence-electron chi connectivity index (χ0n) is 13.0. The number of thiazole rings is 1. The fourth-order valence-corrected chi connectivity index (χ4v) is 3.17. The number of hydrogen-bond donors (Lipinski definition) is 2. The predicted molar refractivity (Wildman–Crippen MR) is 94.8 cm³/mol. The Morgan fingerprint density at radius 2 is 2.12 bits per heavy atom.